The predicted molar refractivity (Wildman–Crippen MR) is 91.3 cm³/mol. The van der Waals surface area contributed by atoms with Gasteiger partial charge >= 0.3 is 0 Å². The van der Waals surface area contributed by atoms with Gasteiger partial charge in [-0.2, -0.15) is 0 Å². The molecule has 0 spiro atoms. The molecule has 0 aliphatic carbocycles. The summed E-state index contributed by atoms with van der Waals surface area (Å²) in [6, 6.07) is 0. The van der Waals surface area contributed by atoms with Crippen molar-refractivity contribution in [3.8, 4) is 0 Å². The van der Waals surface area contributed by atoms with Crippen molar-refractivity contribution < 1.29 is 16.8 Å². The maximum atomic E-state index is 12.4. The Balaban J connectivity index is 2.65. The summed E-state index contributed by atoms with van der Waals surface area (Å²) < 4.78 is 48.4. The van der Waals surface area contributed by atoms with E-state index in [1.807, 2.05) is 0 Å². The van der Waals surface area contributed by atoms with Gasteiger partial charge in [-0.15, -0.1) is 0 Å². The molecule has 4 atom stereocenters. The van der Waals surface area contributed by atoms with Crippen molar-refractivity contribution >= 4 is 31.4 Å². The largest absolute Gasteiger partial charge is 0.259 e. The van der Waals surface area contributed by atoms with E-state index < -0.39 is 41.9 Å². The predicted octanol–water partition coefficient (Wildman–Crippen LogP) is 2.03. The number of sulfone groups is 1. The number of rotatable bonds is 10. The molecule has 7 heteroatoms. The van der Waals surface area contributed by atoms with Gasteiger partial charge in [0.25, 0.3) is 0 Å². The minimum atomic E-state index is -3.18. The average Bonchev–Trinajstić information content (AvgIpc) is 2.75. The van der Waals surface area contributed by atoms with Crippen molar-refractivity contribution in [2.45, 2.75) is 62.9 Å². The summed E-state index contributed by atoms with van der Waals surface area (Å²) in [5.74, 6) is 0.985. The molecule has 1 heterocycles. The molecule has 1 aliphatic heterocycles. The second-order valence-electron chi connectivity index (χ2n) is 5.74. The Hall–Kier alpha value is 0.250. The highest BCUT2D eigenvalue weighted by Gasteiger charge is 2.43. The lowest BCUT2D eigenvalue weighted by molar-refractivity contribution is 0.602. The van der Waals surface area contributed by atoms with Crippen LogP contribution in [0, 0.1) is 0 Å². The molecule has 0 N–H and O–H groups in total. The highest BCUT2D eigenvalue weighted by atomic mass is 32.2. The molecule has 1 saturated heterocycles. The topological polar surface area (TPSA) is 68.3 Å². The molecule has 4 nitrogen and oxygen atoms in total. The quantitative estimate of drug-likeness (QED) is 0.562. The first-order valence-corrected chi connectivity index (χ1v) is 12.4. The third-order valence-electron chi connectivity index (χ3n) is 3.82. The monoisotopic (exact) mass is 356 g/mol. The van der Waals surface area contributed by atoms with Crippen LogP contribution in [0.25, 0.3) is 0 Å². The van der Waals surface area contributed by atoms with Crippen LogP contribution in [0.4, 0.5) is 0 Å². The lowest BCUT2D eigenvalue weighted by Crippen LogP contribution is -2.34. The Kier molecular flexibility index (Phi) is 8.64. The minimum absolute atomic E-state index is 0.0457. The molecular weight excluding hydrogens is 328 g/mol. The van der Waals surface area contributed by atoms with E-state index in [0.717, 1.165) is 38.5 Å². The van der Waals surface area contributed by atoms with Gasteiger partial charge in [-0.25, -0.2) is 8.42 Å². The van der Waals surface area contributed by atoms with E-state index in [1.54, 1.807) is 0 Å². The van der Waals surface area contributed by atoms with Crippen molar-refractivity contribution in [3.63, 3.8) is 0 Å². The summed E-state index contributed by atoms with van der Waals surface area (Å²) in [5, 5.41) is -0.844. The summed E-state index contributed by atoms with van der Waals surface area (Å²) in [4.78, 5) is 0. The number of unbranched alkanes of at least 4 members (excludes halogenated alkanes) is 4. The number of hydrogen-bond donors (Lipinski definition) is 0. The van der Waals surface area contributed by atoms with Gasteiger partial charge in [-0.1, -0.05) is 39.5 Å². The molecule has 0 bridgehead atoms. The van der Waals surface area contributed by atoms with Crippen LogP contribution < -0.4 is 0 Å². The third-order valence-corrected chi connectivity index (χ3v) is 9.88. The Morgan fingerprint density at radius 3 is 1.52 bits per heavy atom. The normalized spacial score (nSPS) is 27.5. The van der Waals surface area contributed by atoms with E-state index in [0.29, 0.717) is 11.5 Å². The van der Waals surface area contributed by atoms with Gasteiger partial charge in [-0.3, -0.25) is 8.42 Å². The summed E-state index contributed by atoms with van der Waals surface area (Å²) in [5.41, 5.74) is 0. The molecule has 0 saturated carbocycles. The fourth-order valence-corrected chi connectivity index (χ4v) is 10.1. The summed E-state index contributed by atoms with van der Waals surface area (Å²) >= 11 is 0. The second kappa shape index (κ2) is 9.40. The molecule has 0 aromatic carbocycles. The second-order valence-corrected chi connectivity index (χ2v) is 11.4. The van der Waals surface area contributed by atoms with Crippen molar-refractivity contribution in [1.29, 1.82) is 0 Å². The zero-order chi connectivity index (χ0) is 15.9. The van der Waals surface area contributed by atoms with Crippen LogP contribution >= 0.6 is 0 Å². The summed E-state index contributed by atoms with van der Waals surface area (Å²) in [7, 11) is -5.53. The molecule has 0 radical (unpaired) electrons. The maximum Gasteiger partial charge on any atom is 0.152 e. The van der Waals surface area contributed by atoms with E-state index in [9.17, 15) is 16.8 Å². The van der Waals surface area contributed by atoms with Crippen molar-refractivity contribution in [2.75, 3.05) is 23.0 Å². The van der Waals surface area contributed by atoms with Gasteiger partial charge < -0.3 is 0 Å². The SMILES string of the molecule is CCCCC[S@@](=O)[C@@H]1CS(=O)(=O)C[C@@H]1[S@](=O)CCCCC. The Labute approximate surface area is 134 Å². The molecule has 0 amide bonds. The third kappa shape index (κ3) is 6.48. The highest BCUT2D eigenvalue weighted by Crippen LogP contribution is 2.24. The van der Waals surface area contributed by atoms with Crippen LogP contribution in [-0.2, 0) is 31.4 Å². The first kappa shape index (κ1) is 19.3. The molecule has 1 aliphatic rings. The molecule has 0 aromatic rings. The van der Waals surface area contributed by atoms with E-state index in [-0.39, 0.29) is 11.5 Å². The molecule has 1 fully saturated rings. The first-order chi connectivity index (χ1) is 9.91. The first-order valence-electron chi connectivity index (χ1n) is 7.86. The van der Waals surface area contributed by atoms with Gasteiger partial charge in [0, 0.05) is 33.1 Å². The average molecular weight is 357 g/mol. The van der Waals surface area contributed by atoms with Crippen LogP contribution in [0.3, 0.4) is 0 Å². The van der Waals surface area contributed by atoms with E-state index in [4.69, 9.17) is 0 Å². The van der Waals surface area contributed by atoms with Crippen molar-refractivity contribution in [2.24, 2.45) is 0 Å². The van der Waals surface area contributed by atoms with Crippen molar-refractivity contribution in [3.05, 3.63) is 0 Å². The zero-order valence-corrected chi connectivity index (χ0v) is 15.5. The molecule has 126 valence electrons. The standard InChI is InChI=1S/C14H28O4S3/c1-3-5-7-9-19(15)13-11-21(17,18)12-14(13)20(16)10-8-6-4-2/h13-14H,3-12H2,1-2H3/t13-,14+,19-,20-/m1/s1. The van der Waals surface area contributed by atoms with E-state index >= 15 is 0 Å². The molecule has 21 heavy (non-hydrogen) atoms. The van der Waals surface area contributed by atoms with Gasteiger partial charge in [0.05, 0.1) is 22.0 Å². The maximum absolute atomic E-state index is 12.4. The molecular formula is C14H28O4S3. The Morgan fingerprint density at radius 2 is 1.19 bits per heavy atom. The molecule has 1 rings (SSSR count). The Morgan fingerprint density at radius 1 is 0.810 bits per heavy atom. The van der Waals surface area contributed by atoms with E-state index in [1.165, 1.54) is 0 Å². The Bertz CT molecular complexity index is 423. The van der Waals surface area contributed by atoms with Crippen LogP contribution in [0.2, 0.25) is 0 Å². The summed E-state index contributed by atoms with van der Waals surface area (Å²) in [6.07, 6.45) is 5.83. The van der Waals surface area contributed by atoms with E-state index in [2.05, 4.69) is 13.8 Å². The van der Waals surface area contributed by atoms with Gasteiger partial charge in [0.1, 0.15) is 0 Å². The van der Waals surface area contributed by atoms with Gasteiger partial charge in [0.15, 0.2) is 9.84 Å². The number of hydrogen-bond acceptors (Lipinski definition) is 4. The lowest BCUT2D eigenvalue weighted by atomic mass is 10.3. The highest BCUT2D eigenvalue weighted by molar-refractivity contribution is 7.97. The minimum Gasteiger partial charge on any atom is -0.259 e. The smallest absolute Gasteiger partial charge is 0.152 e. The van der Waals surface area contributed by atoms with Crippen LogP contribution in [0.5, 0.6) is 0 Å². The van der Waals surface area contributed by atoms with Crippen molar-refractivity contribution in [1.82, 2.24) is 0 Å². The van der Waals surface area contributed by atoms with Gasteiger partial charge in [0.2, 0.25) is 0 Å². The fraction of sp³-hybridized carbons (Fsp3) is 1.00. The zero-order valence-electron chi connectivity index (χ0n) is 13.1. The van der Waals surface area contributed by atoms with Gasteiger partial charge in [-0.05, 0) is 12.8 Å². The van der Waals surface area contributed by atoms with Crippen LogP contribution in [0.1, 0.15) is 52.4 Å². The van der Waals surface area contributed by atoms with Crippen LogP contribution in [-0.4, -0.2) is 50.3 Å². The fourth-order valence-electron chi connectivity index (χ4n) is 2.56. The molecule has 0 unspecified atom stereocenters. The van der Waals surface area contributed by atoms with Crippen LogP contribution in [0.15, 0.2) is 0 Å². The lowest BCUT2D eigenvalue weighted by Gasteiger charge is -2.17. The summed E-state index contributed by atoms with van der Waals surface area (Å²) in [6.45, 7) is 4.16. The molecule has 0 aromatic heterocycles.